The van der Waals surface area contributed by atoms with Crippen LogP contribution < -0.4 is 0 Å². The number of aliphatic carboxylic acids is 1. The van der Waals surface area contributed by atoms with Crippen LogP contribution in [0, 0.1) is 12.8 Å². The molecule has 2 saturated heterocycles. The second kappa shape index (κ2) is 6.88. The topological polar surface area (TPSA) is 101 Å². The van der Waals surface area contributed by atoms with Gasteiger partial charge in [-0.25, -0.2) is 4.79 Å². The molecule has 0 spiro atoms. The molecule has 0 unspecified atom stereocenters. The molecule has 0 saturated carbocycles. The monoisotopic (exact) mass is 434 g/mol. The van der Waals surface area contributed by atoms with Gasteiger partial charge in [0.2, 0.25) is 5.91 Å². The number of hydrogen-bond donors (Lipinski definition) is 1. The first-order valence-electron chi connectivity index (χ1n) is 9.10. The van der Waals surface area contributed by atoms with Crippen molar-refractivity contribution in [3.63, 3.8) is 0 Å². The predicted octanol–water partition coefficient (Wildman–Crippen LogP) is 3.64. The first-order valence-corrected chi connectivity index (χ1v) is 10.4. The molecule has 1 aromatic carbocycles. The maximum Gasteiger partial charge on any atom is 0.327 e. The third-order valence-electron chi connectivity index (χ3n) is 5.46. The van der Waals surface area contributed by atoms with Gasteiger partial charge in [-0.1, -0.05) is 35.0 Å². The summed E-state index contributed by atoms with van der Waals surface area (Å²) in [4.78, 5) is 38.8. The lowest BCUT2D eigenvalue weighted by molar-refractivity contribution is -0.163. The average molecular weight is 435 g/mol. The molecule has 2 aliphatic heterocycles. The van der Waals surface area contributed by atoms with Crippen LogP contribution in [0.15, 0.2) is 28.8 Å². The molecule has 29 heavy (non-hydrogen) atoms. The number of hydrogen-bond acceptors (Lipinski definition) is 6. The van der Waals surface area contributed by atoms with Gasteiger partial charge in [0.05, 0.1) is 21.9 Å². The minimum Gasteiger partial charge on any atom is -0.480 e. The molecule has 0 bridgehead atoms. The van der Waals surface area contributed by atoms with Crippen molar-refractivity contribution in [1.29, 1.82) is 0 Å². The minimum absolute atomic E-state index is 0.0328. The number of amides is 1. The Kier molecular flexibility index (Phi) is 4.74. The van der Waals surface area contributed by atoms with E-state index in [1.54, 1.807) is 45.0 Å². The summed E-state index contributed by atoms with van der Waals surface area (Å²) in [6.07, 6.45) is -0.0328. The molecule has 152 valence electrons. The van der Waals surface area contributed by atoms with Gasteiger partial charge in [-0.15, -0.1) is 11.8 Å². The number of aromatic nitrogens is 1. The Morgan fingerprint density at radius 2 is 2.03 bits per heavy atom. The van der Waals surface area contributed by atoms with E-state index in [-0.39, 0.29) is 23.5 Å². The molecule has 2 aromatic rings. The van der Waals surface area contributed by atoms with Crippen molar-refractivity contribution in [3.05, 3.63) is 40.6 Å². The first-order chi connectivity index (χ1) is 13.6. The summed E-state index contributed by atoms with van der Waals surface area (Å²) >= 11 is 7.67. The van der Waals surface area contributed by atoms with E-state index in [0.29, 0.717) is 27.6 Å². The molecular formula is C20H19ClN2O5S. The highest BCUT2D eigenvalue weighted by Crippen LogP contribution is 2.54. The van der Waals surface area contributed by atoms with Gasteiger partial charge in [0.25, 0.3) is 0 Å². The fourth-order valence-corrected chi connectivity index (χ4v) is 6.03. The van der Waals surface area contributed by atoms with Crippen LogP contribution in [0.5, 0.6) is 0 Å². The lowest BCUT2D eigenvalue weighted by Gasteiger charge is -2.43. The van der Waals surface area contributed by atoms with Gasteiger partial charge >= 0.3 is 5.97 Å². The zero-order valence-electron chi connectivity index (χ0n) is 16.0. The molecule has 2 fully saturated rings. The number of nitrogens with zero attached hydrogens (tertiary/aromatic N) is 2. The Morgan fingerprint density at radius 3 is 2.69 bits per heavy atom. The van der Waals surface area contributed by atoms with Gasteiger partial charge in [-0.2, -0.15) is 0 Å². The van der Waals surface area contributed by atoms with Crippen molar-refractivity contribution < 1.29 is 24.0 Å². The second-order valence-electron chi connectivity index (χ2n) is 7.77. The number of carbonyl (C=O) groups is 3. The van der Waals surface area contributed by atoms with Crippen molar-refractivity contribution >= 4 is 41.0 Å². The Labute approximate surface area is 176 Å². The van der Waals surface area contributed by atoms with Crippen molar-refractivity contribution in [2.24, 2.45) is 5.92 Å². The number of carbonyl (C=O) groups excluding carboxylic acids is 2. The smallest absolute Gasteiger partial charge is 0.327 e. The molecule has 1 amide bonds. The summed E-state index contributed by atoms with van der Waals surface area (Å²) in [6.45, 7) is 5.25. The van der Waals surface area contributed by atoms with E-state index in [1.165, 1.54) is 16.7 Å². The van der Waals surface area contributed by atoms with Crippen molar-refractivity contribution in [1.82, 2.24) is 10.1 Å². The number of rotatable bonds is 5. The highest BCUT2D eigenvalue weighted by Gasteiger charge is 2.63. The van der Waals surface area contributed by atoms with Crippen LogP contribution in [0.3, 0.4) is 0 Å². The summed E-state index contributed by atoms with van der Waals surface area (Å²) < 4.78 is 4.62. The summed E-state index contributed by atoms with van der Waals surface area (Å²) in [5, 5.41) is 13.6. The third kappa shape index (κ3) is 3.05. The van der Waals surface area contributed by atoms with Crippen LogP contribution >= 0.6 is 23.4 Å². The lowest BCUT2D eigenvalue weighted by atomic mass is 9.86. The van der Waals surface area contributed by atoms with Gasteiger partial charge in [-0.05, 0) is 26.8 Å². The number of aryl methyl sites for hydroxylation is 1. The fourth-order valence-electron chi connectivity index (χ4n) is 4.12. The number of carboxylic acids is 1. The minimum atomic E-state index is -1.03. The van der Waals surface area contributed by atoms with E-state index in [4.69, 9.17) is 16.1 Å². The zero-order valence-corrected chi connectivity index (χ0v) is 17.6. The second-order valence-corrected chi connectivity index (χ2v) is 9.95. The summed E-state index contributed by atoms with van der Waals surface area (Å²) in [7, 11) is 0. The Morgan fingerprint density at radius 1 is 1.34 bits per heavy atom. The van der Waals surface area contributed by atoms with E-state index >= 15 is 0 Å². The number of β-lactam (4-membered cyclic amide) rings is 1. The van der Waals surface area contributed by atoms with E-state index < -0.39 is 22.7 Å². The van der Waals surface area contributed by atoms with Crippen LogP contribution in [0.4, 0.5) is 0 Å². The predicted molar refractivity (Wildman–Crippen MR) is 108 cm³/mol. The molecule has 0 radical (unpaired) electrons. The molecule has 9 heteroatoms. The van der Waals surface area contributed by atoms with E-state index in [9.17, 15) is 19.5 Å². The van der Waals surface area contributed by atoms with Crippen LogP contribution in [-0.2, 0) is 9.59 Å². The van der Waals surface area contributed by atoms with E-state index in [1.807, 2.05) is 0 Å². The summed E-state index contributed by atoms with van der Waals surface area (Å²) in [6, 6.07) is 6.12. The van der Waals surface area contributed by atoms with Crippen LogP contribution in [-0.4, -0.2) is 49.0 Å². The summed E-state index contributed by atoms with van der Waals surface area (Å²) in [5.41, 5.74) is 1.24. The first kappa shape index (κ1) is 20.0. The SMILES string of the molecule is Cc1onc(-c2ccccc2Cl)c1C(=O)C[C@@H]1C(=O)N2[C@@H]1SC(C)(C)[C@@H]2C(=O)O. The molecule has 2 aliphatic rings. The van der Waals surface area contributed by atoms with E-state index in [0.717, 1.165) is 0 Å². The standard InChI is InChI=1S/C20H19ClN2O5S/c1-9-14(15(22-28-9)10-6-4-5-7-12(10)21)13(24)8-11-17(25)23-16(19(26)27)20(2,3)29-18(11)23/h4-7,11,16,18H,8H2,1-3H3,(H,26,27)/t11-,16+,18-/m1/s1. The maximum atomic E-state index is 13.1. The van der Waals surface area contributed by atoms with Crippen LogP contribution in [0.2, 0.25) is 5.02 Å². The quantitative estimate of drug-likeness (QED) is 0.566. The molecule has 3 heterocycles. The number of ketones is 1. The normalized spacial score (nSPS) is 24.9. The molecule has 4 rings (SSSR count). The Hall–Kier alpha value is -2.32. The van der Waals surface area contributed by atoms with Crippen molar-refractivity contribution in [2.75, 3.05) is 0 Å². The van der Waals surface area contributed by atoms with Gasteiger partial charge in [0.1, 0.15) is 17.5 Å². The molecule has 1 N–H and O–H groups in total. The van der Waals surface area contributed by atoms with E-state index in [2.05, 4.69) is 5.16 Å². The van der Waals surface area contributed by atoms with Gasteiger partial charge in [0, 0.05) is 16.7 Å². The highest BCUT2D eigenvalue weighted by molar-refractivity contribution is 8.01. The average Bonchev–Trinajstić information content (AvgIpc) is 3.15. The largest absolute Gasteiger partial charge is 0.480 e. The highest BCUT2D eigenvalue weighted by atomic mass is 35.5. The Balaban J connectivity index is 1.60. The van der Waals surface area contributed by atoms with Crippen molar-refractivity contribution in [2.45, 2.75) is 43.4 Å². The summed E-state index contributed by atoms with van der Waals surface area (Å²) in [5.74, 6) is -1.81. The molecule has 7 nitrogen and oxygen atoms in total. The molecule has 3 atom stereocenters. The van der Waals surface area contributed by atoms with Gasteiger partial charge in [0.15, 0.2) is 5.78 Å². The van der Waals surface area contributed by atoms with Crippen LogP contribution in [0.25, 0.3) is 11.3 Å². The van der Waals surface area contributed by atoms with Gasteiger partial charge in [-0.3, -0.25) is 9.59 Å². The lowest BCUT2D eigenvalue weighted by Crippen LogP contribution is -2.62. The number of benzene rings is 1. The molecular weight excluding hydrogens is 416 g/mol. The number of Topliss-reactive ketones (excluding diaryl/α,β-unsaturated/α-hetero) is 1. The van der Waals surface area contributed by atoms with Gasteiger partial charge < -0.3 is 14.5 Å². The Bertz CT molecular complexity index is 1030. The number of fused-ring (bicyclic) bond motifs is 1. The fraction of sp³-hybridized carbons (Fsp3) is 0.400. The third-order valence-corrected chi connectivity index (χ3v) is 7.42. The van der Waals surface area contributed by atoms with Crippen molar-refractivity contribution in [3.8, 4) is 11.3 Å². The van der Waals surface area contributed by atoms with Crippen LogP contribution in [0.1, 0.15) is 36.4 Å². The number of carboxylic acid groups (broad SMARTS) is 1. The molecule has 1 aromatic heterocycles. The maximum absolute atomic E-state index is 13.1. The molecule has 0 aliphatic carbocycles. The number of thioether (sulfide) groups is 1. The zero-order chi connectivity index (χ0) is 21.1. The number of halogens is 1.